The summed E-state index contributed by atoms with van der Waals surface area (Å²) in [6, 6.07) is 8.06. The Morgan fingerprint density at radius 3 is 2.42 bits per heavy atom. The van der Waals surface area contributed by atoms with Crippen LogP contribution in [-0.2, 0) is 16.1 Å². The van der Waals surface area contributed by atoms with Gasteiger partial charge in [0.2, 0.25) is 11.8 Å². The number of anilines is 1. The molecule has 0 saturated heterocycles. The van der Waals surface area contributed by atoms with E-state index in [9.17, 15) is 14.0 Å². The molecule has 2 aromatic rings. The van der Waals surface area contributed by atoms with Crippen molar-refractivity contribution in [3.63, 3.8) is 0 Å². The highest BCUT2D eigenvalue weighted by Gasteiger charge is 2.30. The molecule has 138 valence electrons. The fourth-order valence-electron chi connectivity index (χ4n) is 3.24. The molecule has 3 rings (SSSR count). The Kier molecular flexibility index (Phi) is 5.65. The Morgan fingerprint density at radius 1 is 1.15 bits per heavy atom. The first kappa shape index (κ1) is 18.1. The molecule has 6 nitrogen and oxygen atoms in total. The van der Waals surface area contributed by atoms with Gasteiger partial charge in [-0.15, -0.1) is 0 Å². The Morgan fingerprint density at radius 2 is 1.81 bits per heavy atom. The highest BCUT2D eigenvalue weighted by molar-refractivity contribution is 5.91. The molecule has 0 spiro atoms. The molecular weight excluding hydrogens is 337 g/mol. The van der Waals surface area contributed by atoms with Crippen LogP contribution in [0.2, 0.25) is 0 Å². The van der Waals surface area contributed by atoms with Crippen LogP contribution < -0.4 is 10.6 Å². The quantitative estimate of drug-likeness (QED) is 0.859. The van der Waals surface area contributed by atoms with E-state index in [0.29, 0.717) is 42.8 Å². The lowest BCUT2D eigenvalue weighted by Gasteiger charge is -2.26. The topological polar surface area (TPSA) is 84.2 Å². The second kappa shape index (κ2) is 8.12. The molecule has 1 heterocycles. The Hall–Kier alpha value is -2.70. The van der Waals surface area contributed by atoms with Crippen LogP contribution in [0.15, 0.2) is 34.9 Å². The average Bonchev–Trinajstić information content (AvgIpc) is 3.05. The molecule has 0 radical (unpaired) electrons. The van der Waals surface area contributed by atoms with Gasteiger partial charge in [-0.25, -0.2) is 4.39 Å². The monoisotopic (exact) mass is 359 g/mol. The smallest absolute Gasteiger partial charge is 0.228 e. The van der Waals surface area contributed by atoms with Gasteiger partial charge in [-0.05, 0) is 38.7 Å². The predicted molar refractivity (Wildman–Crippen MR) is 93.6 cm³/mol. The highest BCUT2D eigenvalue weighted by Crippen LogP contribution is 2.30. The van der Waals surface area contributed by atoms with E-state index in [2.05, 4.69) is 15.8 Å². The molecule has 1 fully saturated rings. The zero-order valence-electron chi connectivity index (χ0n) is 14.6. The van der Waals surface area contributed by atoms with Crippen LogP contribution in [0.1, 0.15) is 37.0 Å². The molecule has 2 N–H and O–H groups in total. The van der Waals surface area contributed by atoms with Gasteiger partial charge in [0.25, 0.3) is 0 Å². The summed E-state index contributed by atoms with van der Waals surface area (Å²) in [6.45, 7) is 1.94. The maximum absolute atomic E-state index is 13.6. The van der Waals surface area contributed by atoms with Crippen LogP contribution in [0, 0.1) is 24.6 Å². The Labute approximate surface area is 151 Å². The third-order valence-corrected chi connectivity index (χ3v) is 4.76. The van der Waals surface area contributed by atoms with Gasteiger partial charge in [0, 0.05) is 30.0 Å². The van der Waals surface area contributed by atoms with E-state index in [1.807, 2.05) is 0 Å². The first-order valence-corrected chi connectivity index (χ1v) is 8.78. The molecule has 0 aliphatic heterocycles. The number of aryl methyl sites for hydroxylation is 1. The van der Waals surface area contributed by atoms with Crippen LogP contribution in [0.4, 0.5) is 10.2 Å². The van der Waals surface area contributed by atoms with Crippen molar-refractivity contribution in [2.45, 2.75) is 39.2 Å². The molecule has 0 unspecified atom stereocenters. The molecule has 1 aromatic carbocycles. The van der Waals surface area contributed by atoms with Crippen molar-refractivity contribution in [3.05, 3.63) is 47.5 Å². The molecule has 2 amide bonds. The summed E-state index contributed by atoms with van der Waals surface area (Å²) in [4.78, 5) is 24.6. The number of amides is 2. The second-order valence-electron chi connectivity index (χ2n) is 6.67. The van der Waals surface area contributed by atoms with Crippen molar-refractivity contribution in [2.24, 2.45) is 11.8 Å². The number of carbonyl (C=O) groups is 2. The van der Waals surface area contributed by atoms with E-state index in [0.717, 1.165) is 0 Å². The number of hydrogen-bond donors (Lipinski definition) is 2. The lowest BCUT2D eigenvalue weighted by Crippen LogP contribution is -2.35. The number of halogens is 1. The molecule has 1 aliphatic rings. The second-order valence-corrected chi connectivity index (χ2v) is 6.67. The van der Waals surface area contributed by atoms with E-state index in [-0.39, 0.29) is 36.0 Å². The number of nitrogens with one attached hydrogen (secondary N) is 2. The van der Waals surface area contributed by atoms with Gasteiger partial charge >= 0.3 is 0 Å². The lowest BCUT2D eigenvalue weighted by molar-refractivity contribution is -0.128. The average molecular weight is 359 g/mol. The lowest BCUT2D eigenvalue weighted by atomic mass is 9.81. The van der Waals surface area contributed by atoms with Gasteiger partial charge in [-0.3, -0.25) is 9.59 Å². The zero-order valence-corrected chi connectivity index (χ0v) is 14.6. The standard InChI is InChI=1S/C19H22FN3O3/c1-12-10-17(23-26-12)22-19(25)14-8-6-13(7-9-14)18(24)21-11-15-4-2-3-5-16(15)20/h2-5,10,13-14H,6-9,11H2,1H3,(H,21,24)(H,22,23,25). The number of hydrogen-bond acceptors (Lipinski definition) is 4. The minimum Gasteiger partial charge on any atom is -0.360 e. The van der Waals surface area contributed by atoms with Crippen LogP contribution in [-0.4, -0.2) is 17.0 Å². The summed E-state index contributed by atoms with van der Waals surface area (Å²) < 4.78 is 18.5. The normalized spacial score (nSPS) is 19.8. The molecule has 1 aromatic heterocycles. The van der Waals surface area contributed by atoms with Crippen molar-refractivity contribution >= 4 is 17.6 Å². The van der Waals surface area contributed by atoms with Crippen LogP contribution in [0.3, 0.4) is 0 Å². The third-order valence-electron chi connectivity index (χ3n) is 4.76. The molecular formula is C19H22FN3O3. The fraction of sp³-hybridized carbons (Fsp3) is 0.421. The van der Waals surface area contributed by atoms with E-state index < -0.39 is 0 Å². The number of carbonyl (C=O) groups excluding carboxylic acids is 2. The number of rotatable bonds is 5. The SMILES string of the molecule is Cc1cc(NC(=O)C2CCC(C(=O)NCc3ccccc3F)CC2)no1. The summed E-state index contributed by atoms with van der Waals surface area (Å²) in [5.41, 5.74) is 0.469. The van der Waals surface area contributed by atoms with Crippen LogP contribution >= 0.6 is 0 Å². The van der Waals surface area contributed by atoms with Crippen molar-refractivity contribution in [2.75, 3.05) is 5.32 Å². The van der Waals surface area contributed by atoms with Gasteiger partial charge < -0.3 is 15.2 Å². The van der Waals surface area contributed by atoms with Gasteiger partial charge in [0.15, 0.2) is 5.82 Å². The van der Waals surface area contributed by atoms with Crippen molar-refractivity contribution in [1.82, 2.24) is 10.5 Å². The summed E-state index contributed by atoms with van der Waals surface area (Å²) in [5.74, 6) is 0.273. The summed E-state index contributed by atoms with van der Waals surface area (Å²) in [7, 11) is 0. The van der Waals surface area contributed by atoms with E-state index in [1.165, 1.54) is 6.07 Å². The third kappa shape index (κ3) is 4.47. The summed E-state index contributed by atoms with van der Waals surface area (Å²) in [6.07, 6.45) is 2.55. The maximum atomic E-state index is 13.6. The largest absolute Gasteiger partial charge is 0.360 e. The minimum atomic E-state index is -0.323. The van der Waals surface area contributed by atoms with Gasteiger partial charge in [-0.2, -0.15) is 0 Å². The summed E-state index contributed by atoms with van der Waals surface area (Å²) >= 11 is 0. The van der Waals surface area contributed by atoms with Crippen molar-refractivity contribution in [1.29, 1.82) is 0 Å². The summed E-state index contributed by atoms with van der Waals surface area (Å²) in [5, 5.41) is 9.29. The van der Waals surface area contributed by atoms with Gasteiger partial charge in [0.05, 0.1) is 0 Å². The van der Waals surface area contributed by atoms with Crippen molar-refractivity contribution < 1.29 is 18.5 Å². The van der Waals surface area contributed by atoms with Crippen LogP contribution in [0.25, 0.3) is 0 Å². The molecule has 0 atom stereocenters. The number of aromatic nitrogens is 1. The first-order chi connectivity index (χ1) is 12.5. The Bertz CT molecular complexity index is 782. The highest BCUT2D eigenvalue weighted by atomic mass is 19.1. The zero-order chi connectivity index (χ0) is 18.5. The molecule has 0 bridgehead atoms. The van der Waals surface area contributed by atoms with E-state index in [4.69, 9.17) is 4.52 Å². The maximum Gasteiger partial charge on any atom is 0.228 e. The number of benzene rings is 1. The number of nitrogens with zero attached hydrogens (tertiary/aromatic N) is 1. The van der Waals surface area contributed by atoms with E-state index >= 15 is 0 Å². The predicted octanol–water partition coefficient (Wildman–Crippen LogP) is 3.18. The molecule has 1 aliphatic carbocycles. The first-order valence-electron chi connectivity index (χ1n) is 8.78. The molecule has 7 heteroatoms. The van der Waals surface area contributed by atoms with E-state index in [1.54, 1.807) is 31.2 Å². The fourth-order valence-corrected chi connectivity index (χ4v) is 3.24. The van der Waals surface area contributed by atoms with Gasteiger partial charge in [-0.1, -0.05) is 23.4 Å². The van der Waals surface area contributed by atoms with Crippen LogP contribution in [0.5, 0.6) is 0 Å². The van der Waals surface area contributed by atoms with Gasteiger partial charge in [0.1, 0.15) is 11.6 Å². The molecule has 26 heavy (non-hydrogen) atoms. The van der Waals surface area contributed by atoms with Crippen molar-refractivity contribution in [3.8, 4) is 0 Å². The molecule has 1 saturated carbocycles. The minimum absolute atomic E-state index is 0.0840. The Balaban J connectivity index is 1.44.